The van der Waals surface area contributed by atoms with Crippen LogP contribution in [0.2, 0.25) is 0 Å². The quantitative estimate of drug-likeness (QED) is 0.625. The normalized spacial score (nSPS) is 11.7. The van der Waals surface area contributed by atoms with Crippen LogP contribution in [0.25, 0.3) is 0 Å². The molecule has 2 aromatic rings. The Morgan fingerprint density at radius 2 is 1.65 bits per heavy atom. The number of carbonyl (C=O) groups is 1. The van der Waals surface area contributed by atoms with E-state index in [9.17, 15) is 18.0 Å². The summed E-state index contributed by atoms with van der Waals surface area (Å²) < 4.78 is 37.3. The number of carbonyl (C=O) groups excluding carboxylic acids is 1. The van der Waals surface area contributed by atoms with Crippen LogP contribution < -0.4 is 5.32 Å². The maximum Gasteiger partial charge on any atom is 0.416 e. The van der Waals surface area contributed by atoms with E-state index in [0.29, 0.717) is 11.3 Å². The lowest BCUT2D eigenvalue weighted by Gasteiger charge is -2.07. The molecule has 0 spiro atoms. The van der Waals surface area contributed by atoms with E-state index in [1.165, 1.54) is 24.4 Å². The number of hydrogen-bond acceptors (Lipinski definition) is 2. The zero-order valence-corrected chi connectivity index (χ0v) is 12.7. The van der Waals surface area contributed by atoms with Crippen LogP contribution in [0.3, 0.4) is 0 Å². The highest BCUT2D eigenvalue weighted by atomic mass is 19.4. The molecule has 23 heavy (non-hydrogen) atoms. The van der Waals surface area contributed by atoms with Gasteiger partial charge in [0.05, 0.1) is 5.56 Å². The highest BCUT2D eigenvalue weighted by Gasteiger charge is 2.29. The lowest BCUT2D eigenvalue weighted by molar-refractivity contribution is -0.137. The van der Waals surface area contributed by atoms with E-state index < -0.39 is 11.7 Å². The Morgan fingerprint density at radius 3 is 2.22 bits per heavy atom. The second-order valence-electron chi connectivity index (χ2n) is 5.22. The highest BCUT2D eigenvalue weighted by molar-refractivity contribution is 6.04. The van der Waals surface area contributed by atoms with Crippen LogP contribution in [0.4, 0.5) is 18.9 Å². The molecule has 0 aliphatic heterocycles. The van der Waals surface area contributed by atoms with Crippen LogP contribution in [-0.4, -0.2) is 5.78 Å². The van der Waals surface area contributed by atoms with Crippen LogP contribution in [-0.2, 0) is 6.18 Å². The van der Waals surface area contributed by atoms with Crippen molar-refractivity contribution in [3.05, 3.63) is 77.0 Å². The molecule has 2 aromatic carbocycles. The average Bonchev–Trinajstić information content (AvgIpc) is 2.49. The summed E-state index contributed by atoms with van der Waals surface area (Å²) in [6.07, 6.45) is -1.59. The fourth-order valence-electron chi connectivity index (χ4n) is 1.96. The van der Waals surface area contributed by atoms with Crippen molar-refractivity contribution >= 4 is 11.5 Å². The van der Waals surface area contributed by atoms with Crippen LogP contribution in [0.1, 0.15) is 27.0 Å². The number of hydrogen-bond donors (Lipinski definition) is 1. The van der Waals surface area contributed by atoms with Crippen LogP contribution >= 0.6 is 0 Å². The minimum Gasteiger partial charge on any atom is -0.362 e. The van der Waals surface area contributed by atoms with Gasteiger partial charge in [0.25, 0.3) is 0 Å². The third kappa shape index (κ3) is 4.45. The van der Waals surface area contributed by atoms with Gasteiger partial charge in [0.1, 0.15) is 0 Å². The number of anilines is 1. The second kappa shape index (κ2) is 6.69. The summed E-state index contributed by atoms with van der Waals surface area (Å²) in [5.41, 5.74) is 2.47. The van der Waals surface area contributed by atoms with Gasteiger partial charge < -0.3 is 5.32 Å². The van der Waals surface area contributed by atoms with Gasteiger partial charge in [0, 0.05) is 23.5 Å². The van der Waals surface area contributed by atoms with Gasteiger partial charge in [-0.15, -0.1) is 0 Å². The summed E-state index contributed by atoms with van der Waals surface area (Å²) in [5, 5.41) is 2.78. The molecule has 0 bridgehead atoms. The molecule has 0 saturated heterocycles. The standard InChI is InChI=1S/C18H16F3NO/c1-12-3-4-14(11-13(12)2)17(23)9-10-22-16-7-5-15(6-8-16)18(19,20)21/h3-11,22H,1-2H3. The molecule has 0 fully saturated rings. The average molecular weight is 319 g/mol. The first-order valence-electron chi connectivity index (χ1n) is 6.99. The molecular formula is C18H16F3NO. The molecule has 0 unspecified atom stereocenters. The number of nitrogens with one attached hydrogen (secondary N) is 1. The van der Waals surface area contributed by atoms with Crippen molar-refractivity contribution in [2.24, 2.45) is 0 Å². The smallest absolute Gasteiger partial charge is 0.362 e. The zero-order valence-electron chi connectivity index (χ0n) is 12.7. The summed E-state index contributed by atoms with van der Waals surface area (Å²) in [4.78, 5) is 12.0. The molecule has 0 saturated carbocycles. The Bertz CT molecular complexity index is 731. The molecule has 0 aromatic heterocycles. The monoisotopic (exact) mass is 319 g/mol. The molecule has 2 rings (SSSR count). The van der Waals surface area contributed by atoms with Gasteiger partial charge in [-0.2, -0.15) is 13.2 Å². The van der Waals surface area contributed by atoms with Gasteiger partial charge in [-0.3, -0.25) is 4.79 Å². The number of ketones is 1. The van der Waals surface area contributed by atoms with Gasteiger partial charge in [-0.1, -0.05) is 12.1 Å². The molecule has 0 aliphatic rings. The number of halogens is 3. The number of aryl methyl sites for hydroxylation is 2. The van der Waals surface area contributed by atoms with E-state index in [-0.39, 0.29) is 5.78 Å². The first kappa shape index (κ1) is 16.8. The molecule has 120 valence electrons. The largest absolute Gasteiger partial charge is 0.416 e. The molecule has 0 heterocycles. The van der Waals surface area contributed by atoms with E-state index in [2.05, 4.69) is 5.32 Å². The van der Waals surface area contributed by atoms with Crippen molar-refractivity contribution in [2.75, 3.05) is 5.32 Å². The van der Waals surface area contributed by atoms with E-state index in [1.54, 1.807) is 12.1 Å². The van der Waals surface area contributed by atoms with Crippen LogP contribution in [0.5, 0.6) is 0 Å². The lowest BCUT2D eigenvalue weighted by atomic mass is 10.0. The van der Waals surface area contributed by atoms with Crippen molar-refractivity contribution < 1.29 is 18.0 Å². The van der Waals surface area contributed by atoms with Gasteiger partial charge in [0.15, 0.2) is 5.78 Å². The Kier molecular flexibility index (Phi) is 4.89. The predicted molar refractivity (Wildman–Crippen MR) is 84.5 cm³/mol. The minimum atomic E-state index is -4.35. The predicted octanol–water partition coefficient (Wildman–Crippen LogP) is 5.13. The molecule has 5 heteroatoms. The number of rotatable bonds is 4. The van der Waals surface area contributed by atoms with Gasteiger partial charge >= 0.3 is 6.18 Å². The topological polar surface area (TPSA) is 29.1 Å². The summed E-state index contributed by atoms with van der Waals surface area (Å²) in [7, 11) is 0. The Labute approximate surface area is 132 Å². The fourth-order valence-corrected chi connectivity index (χ4v) is 1.96. The third-order valence-electron chi connectivity index (χ3n) is 3.49. The van der Waals surface area contributed by atoms with E-state index in [0.717, 1.165) is 23.3 Å². The molecule has 0 atom stereocenters. The maximum atomic E-state index is 12.4. The van der Waals surface area contributed by atoms with E-state index in [4.69, 9.17) is 0 Å². The van der Waals surface area contributed by atoms with E-state index in [1.807, 2.05) is 19.9 Å². The van der Waals surface area contributed by atoms with Gasteiger partial charge in [-0.25, -0.2) is 0 Å². The lowest BCUT2D eigenvalue weighted by Crippen LogP contribution is -2.04. The molecule has 0 radical (unpaired) electrons. The number of benzene rings is 2. The SMILES string of the molecule is Cc1ccc(C(=O)C=CNc2ccc(C(F)(F)F)cc2)cc1C. The zero-order chi connectivity index (χ0) is 17.0. The molecule has 0 aliphatic carbocycles. The summed E-state index contributed by atoms with van der Waals surface area (Å²) in [6.45, 7) is 3.89. The van der Waals surface area contributed by atoms with Crippen molar-refractivity contribution in [1.82, 2.24) is 0 Å². The Hall–Kier alpha value is -2.56. The Balaban J connectivity index is 2.01. The van der Waals surface area contributed by atoms with Crippen molar-refractivity contribution in [3.8, 4) is 0 Å². The van der Waals surface area contributed by atoms with Gasteiger partial charge in [0.2, 0.25) is 0 Å². The fraction of sp³-hybridized carbons (Fsp3) is 0.167. The van der Waals surface area contributed by atoms with Crippen molar-refractivity contribution in [3.63, 3.8) is 0 Å². The van der Waals surface area contributed by atoms with Crippen LogP contribution in [0, 0.1) is 13.8 Å². The first-order valence-corrected chi connectivity index (χ1v) is 6.99. The van der Waals surface area contributed by atoms with E-state index >= 15 is 0 Å². The highest BCUT2D eigenvalue weighted by Crippen LogP contribution is 2.29. The summed E-state index contributed by atoms with van der Waals surface area (Å²) in [6, 6.07) is 10.0. The third-order valence-corrected chi connectivity index (χ3v) is 3.49. The molecule has 1 N–H and O–H groups in total. The maximum absolute atomic E-state index is 12.4. The summed E-state index contributed by atoms with van der Waals surface area (Å²) >= 11 is 0. The number of alkyl halides is 3. The van der Waals surface area contributed by atoms with Crippen LogP contribution in [0.15, 0.2) is 54.7 Å². The minimum absolute atomic E-state index is 0.174. The van der Waals surface area contributed by atoms with Crippen molar-refractivity contribution in [1.29, 1.82) is 0 Å². The van der Waals surface area contributed by atoms with Crippen molar-refractivity contribution in [2.45, 2.75) is 20.0 Å². The molecular weight excluding hydrogens is 303 g/mol. The number of allylic oxidation sites excluding steroid dienone is 1. The molecule has 2 nitrogen and oxygen atoms in total. The second-order valence-corrected chi connectivity index (χ2v) is 5.22. The van der Waals surface area contributed by atoms with Gasteiger partial charge in [-0.05, 0) is 55.3 Å². The summed E-state index contributed by atoms with van der Waals surface area (Å²) in [5.74, 6) is -0.174. The molecule has 0 amide bonds. The first-order chi connectivity index (χ1) is 10.8. The Morgan fingerprint density at radius 1 is 1.00 bits per heavy atom.